The molecule has 19 rings (SSSR count). The number of pyridine rings is 2. The van der Waals surface area contributed by atoms with Crippen molar-refractivity contribution in [3.05, 3.63) is 307 Å². The monoisotopic (exact) mass is 1190 g/mol. The molecular weight excluding hydrogens is 1140 g/mol. The predicted molar refractivity (Wildman–Crippen MR) is 391 cm³/mol. The highest BCUT2D eigenvalue weighted by Gasteiger charge is 2.36. The lowest BCUT2D eigenvalue weighted by atomic mass is 9.81. The Morgan fingerprint density at radius 1 is 0.287 bits per heavy atom. The van der Waals surface area contributed by atoms with Gasteiger partial charge in [0.1, 0.15) is 0 Å². The molecule has 0 saturated heterocycles. The van der Waals surface area contributed by atoms with Gasteiger partial charge in [-0.15, -0.1) is 0 Å². The van der Waals surface area contributed by atoms with E-state index in [1.807, 2.05) is 24.3 Å². The van der Waals surface area contributed by atoms with Crippen molar-refractivity contribution in [1.82, 2.24) is 14.5 Å². The Morgan fingerprint density at radius 3 is 1.35 bits per heavy atom. The van der Waals surface area contributed by atoms with E-state index in [0.717, 1.165) is 138 Å². The van der Waals surface area contributed by atoms with Crippen molar-refractivity contribution in [2.45, 2.75) is 19.3 Å². The first kappa shape index (κ1) is 53.3. The summed E-state index contributed by atoms with van der Waals surface area (Å²) in [5.74, 6) is 0. The van der Waals surface area contributed by atoms with Crippen LogP contribution in [0.2, 0.25) is 0 Å². The maximum atomic E-state index is 10.0. The predicted octanol–water partition coefficient (Wildman–Crippen LogP) is 23.2. The highest BCUT2D eigenvalue weighted by Crippen LogP contribution is 2.51. The molecule has 0 saturated carbocycles. The molecule has 0 radical (unpaired) electrons. The number of para-hydroxylation sites is 1. The van der Waals surface area contributed by atoms with E-state index >= 15 is 0 Å². The molecule has 5 heteroatoms. The average Bonchev–Trinajstić information content (AvgIpc) is 1.07. The molecule has 18 aromatic rings. The molecule has 1 aliphatic carbocycles. The van der Waals surface area contributed by atoms with Crippen LogP contribution in [0.1, 0.15) is 36.1 Å². The second-order valence-electron chi connectivity index (χ2n) is 25.7. The van der Waals surface area contributed by atoms with Crippen LogP contribution in [-0.4, -0.2) is 14.5 Å². The SMILES string of the molecule is CC1(C)c2cc(C#N)ccc2-c2ccc(-c3cccc(-c4nc5c6ccc(-c7ccc8c(c7)c(-c7cccc(-c9ccc%10c(c9)c9ccc(C#N)cc9n%10-c9ccccc9)c7)nc7c9ccccc9c9ccccc9c87)cc6c6ccccc6c5c5ccccc45)c3)cc21. The van der Waals surface area contributed by atoms with Gasteiger partial charge in [0.15, 0.2) is 0 Å². The molecule has 0 spiro atoms. The number of nitriles is 2. The maximum Gasteiger partial charge on any atom is 0.0992 e. The standard InChI is InChI=1S/C89H53N5/c1-89(2)79-42-52(50-90)30-36-66(79)67-38-32-59(49-80(67)89)55-17-15-18-60(45-55)85-74-29-13-11-27-71(74)83-70-26-10-7-24-65(70)76-46-56(34-40-75(76)88(83)92-85)57-33-39-72-78(48-57)86(93-87-73-28-12-8-23-64(73)63-22-6-9-25-69(63)84(72)87)61-19-14-16-54(44-61)58-35-41-81-77(47-58)68-37-31-53(51-91)43-82(68)94(81)62-20-4-3-5-21-62/h3-49H,1-2H3. The summed E-state index contributed by atoms with van der Waals surface area (Å²) in [4.78, 5) is 11.7. The van der Waals surface area contributed by atoms with Crippen LogP contribution in [0, 0.1) is 22.7 Å². The lowest BCUT2D eigenvalue weighted by molar-refractivity contribution is 0.660. The second-order valence-corrected chi connectivity index (χ2v) is 25.7. The Labute approximate surface area is 541 Å². The van der Waals surface area contributed by atoms with Crippen LogP contribution in [0.5, 0.6) is 0 Å². The third-order valence-electron chi connectivity index (χ3n) is 20.3. The number of aromatic nitrogens is 3. The van der Waals surface area contributed by atoms with Crippen LogP contribution < -0.4 is 0 Å². The molecule has 0 N–H and O–H groups in total. The largest absolute Gasteiger partial charge is 0.309 e. The number of nitrogens with zero attached hydrogens (tertiary/aromatic N) is 5. The Bertz CT molecular complexity index is 6470. The summed E-state index contributed by atoms with van der Waals surface area (Å²) < 4.78 is 2.27. The van der Waals surface area contributed by atoms with Gasteiger partial charge in [-0.2, -0.15) is 10.5 Å². The lowest BCUT2D eigenvalue weighted by Gasteiger charge is -2.22. The third kappa shape index (κ3) is 7.86. The van der Waals surface area contributed by atoms with Crippen molar-refractivity contribution >= 4 is 108 Å². The zero-order valence-corrected chi connectivity index (χ0v) is 51.4. The summed E-state index contributed by atoms with van der Waals surface area (Å²) in [6.07, 6.45) is 0. The summed E-state index contributed by atoms with van der Waals surface area (Å²) in [6.45, 7) is 4.54. The number of fused-ring (bicyclic) bond motifs is 22. The van der Waals surface area contributed by atoms with E-state index in [2.05, 4.69) is 291 Å². The first-order valence-corrected chi connectivity index (χ1v) is 32.1. The van der Waals surface area contributed by atoms with E-state index in [4.69, 9.17) is 9.97 Å². The quantitative estimate of drug-likeness (QED) is 0.155. The van der Waals surface area contributed by atoms with Gasteiger partial charge < -0.3 is 4.57 Å². The third-order valence-corrected chi connectivity index (χ3v) is 20.3. The minimum Gasteiger partial charge on any atom is -0.309 e. The number of hydrogen-bond donors (Lipinski definition) is 0. The van der Waals surface area contributed by atoms with E-state index < -0.39 is 0 Å². The van der Waals surface area contributed by atoms with Gasteiger partial charge in [0.25, 0.3) is 0 Å². The zero-order chi connectivity index (χ0) is 62.5. The van der Waals surface area contributed by atoms with Crippen LogP contribution in [0.4, 0.5) is 0 Å². The van der Waals surface area contributed by atoms with Gasteiger partial charge in [0.05, 0.1) is 56.7 Å². The van der Waals surface area contributed by atoms with Gasteiger partial charge >= 0.3 is 0 Å². The normalized spacial score (nSPS) is 12.6. The number of hydrogen-bond acceptors (Lipinski definition) is 4. The van der Waals surface area contributed by atoms with Crippen LogP contribution in [0.15, 0.2) is 285 Å². The molecule has 0 fully saturated rings. The zero-order valence-electron chi connectivity index (χ0n) is 51.4. The Kier molecular flexibility index (Phi) is 11.5. The first-order chi connectivity index (χ1) is 46.3. The fourth-order valence-corrected chi connectivity index (χ4v) is 15.9. The summed E-state index contributed by atoms with van der Waals surface area (Å²) in [5, 5.41) is 38.1. The fourth-order valence-electron chi connectivity index (χ4n) is 15.9. The van der Waals surface area contributed by atoms with E-state index in [9.17, 15) is 10.5 Å². The van der Waals surface area contributed by atoms with E-state index in [-0.39, 0.29) is 5.41 Å². The van der Waals surface area contributed by atoms with Crippen LogP contribution >= 0.6 is 0 Å². The minimum atomic E-state index is -0.258. The summed E-state index contributed by atoms with van der Waals surface area (Å²) >= 11 is 0. The molecule has 3 heterocycles. The summed E-state index contributed by atoms with van der Waals surface area (Å²) in [5.41, 5.74) is 21.6. The van der Waals surface area contributed by atoms with Gasteiger partial charge in [-0.25, -0.2) is 9.97 Å². The van der Waals surface area contributed by atoms with Crippen molar-refractivity contribution in [2.24, 2.45) is 0 Å². The summed E-state index contributed by atoms with van der Waals surface area (Å²) in [7, 11) is 0. The second kappa shape index (κ2) is 20.2. The molecule has 94 heavy (non-hydrogen) atoms. The molecule has 3 aromatic heterocycles. The molecule has 1 aliphatic rings. The summed E-state index contributed by atoms with van der Waals surface area (Å²) in [6, 6.07) is 108. The topological polar surface area (TPSA) is 78.3 Å². The van der Waals surface area contributed by atoms with Gasteiger partial charge in [-0.3, -0.25) is 0 Å². The smallest absolute Gasteiger partial charge is 0.0992 e. The van der Waals surface area contributed by atoms with Gasteiger partial charge in [-0.1, -0.05) is 220 Å². The minimum absolute atomic E-state index is 0.258. The average molecular weight is 1190 g/mol. The number of benzene rings is 15. The molecule has 15 aromatic carbocycles. The van der Waals surface area contributed by atoms with E-state index in [1.165, 1.54) is 54.6 Å². The van der Waals surface area contributed by atoms with Crippen molar-refractivity contribution in [3.63, 3.8) is 0 Å². The molecular formula is C89H53N5. The molecule has 0 bridgehead atoms. The molecule has 0 unspecified atom stereocenters. The Morgan fingerprint density at radius 2 is 0.702 bits per heavy atom. The van der Waals surface area contributed by atoms with E-state index in [0.29, 0.717) is 11.1 Å². The lowest BCUT2D eigenvalue weighted by Crippen LogP contribution is -2.15. The van der Waals surface area contributed by atoms with E-state index in [1.54, 1.807) is 0 Å². The Hall–Kier alpha value is -12.5. The van der Waals surface area contributed by atoms with Crippen molar-refractivity contribution < 1.29 is 0 Å². The van der Waals surface area contributed by atoms with Gasteiger partial charge in [-0.05, 0) is 178 Å². The van der Waals surface area contributed by atoms with Crippen molar-refractivity contribution in [2.75, 3.05) is 0 Å². The first-order valence-electron chi connectivity index (χ1n) is 32.1. The highest BCUT2D eigenvalue weighted by molar-refractivity contribution is 6.33. The Balaban J connectivity index is 0.783. The van der Waals surface area contributed by atoms with Gasteiger partial charge in [0.2, 0.25) is 0 Å². The maximum absolute atomic E-state index is 10.0. The molecule has 5 nitrogen and oxygen atoms in total. The molecule has 0 amide bonds. The molecule has 434 valence electrons. The molecule has 0 aliphatic heterocycles. The van der Waals surface area contributed by atoms with Crippen molar-refractivity contribution in [1.29, 1.82) is 10.5 Å². The molecule has 0 atom stereocenters. The highest BCUT2D eigenvalue weighted by atomic mass is 15.0. The number of rotatable bonds is 6. The van der Waals surface area contributed by atoms with Crippen LogP contribution in [-0.2, 0) is 5.41 Å². The van der Waals surface area contributed by atoms with Crippen LogP contribution in [0.3, 0.4) is 0 Å². The van der Waals surface area contributed by atoms with Crippen LogP contribution in [0.25, 0.3) is 181 Å². The van der Waals surface area contributed by atoms with Crippen molar-refractivity contribution in [3.8, 4) is 84.8 Å². The van der Waals surface area contributed by atoms with Gasteiger partial charge in [0, 0.05) is 65.3 Å². The fraction of sp³-hybridized carbons (Fsp3) is 0.0337.